The molecule has 0 heterocycles. The number of hydrogen-bond acceptors (Lipinski definition) is 1. The second kappa shape index (κ2) is 4.55. The monoisotopic (exact) mass is 218 g/mol. The zero-order valence-electron chi connectivity index (χ0n) is 8.64. The third kappa shape index (κ3) is 3.81. The Balaban J connectivity index is 2.72. The molecule has 0 aliphatic rings. The predicted octanol–water partition coefficient (Wildman–Crippen LogP) is 4.10. The summed E-state index contributed by atoms with van der Waals surface area (Å²) in [6, 6.07) is 6.01. The third-order valence-corrected chi connectivity index (χ3v) is 2.30. The number of benzene rings is 1. The van der Waals surface area contributed by atoms with Gasteiger partial charge in [0.15, 0.2) is 0 Å². The summed E-state index contributed by atoms with van der Waals surface area (Å²) < 4.78 is 39.3. The molecule has 0 aliphatic carbocycles. The first-order valence-electron chi connectivity index (χ1n) is 4.78. The number of rotatable bonds is 3. The summed E-state index contributed by atoms with van der Waals surface area (Å²) in [6.07, 6.45) is -3.66. The van der Waals surface area contributed by atoms with E-state index in [9.17, 15) is 13.2 Å². The molecule has 4 heteroatoms. The molecule has 0 unspecified atom stereocenters. The molecule has 84 valence electrons. The Morgan fingerprint density at radius 2 is 1.73 bits per heavy atom. The maximum Gasteiger partial charge on any atom is 0.573 e. The molecule has 1 rings (SSSR count). The van der Waals surface area contributed by atoms with Gasteiger partial charge in [-0.2, -0.15) is 0 Å². The van der Waals surface area contributed by atoms with Crippen molar-refractivity contribution in [2.45, 2.75) is 32.5 Å². The van der Waals surface area contributed by atoms with Gasteiger partial charge < -0.3 is 4.74 Å². The maximum atomic E-state index is 11.8. The lowest BCUT2D eigenvalue weighted by molar-refractivity contribution is -0.274. The normalized spacial score (nSPS) is 13.7. The molecular weight excluding hydrogens is 205 g/mol. The van der Waals surface area contributed by atoms with Crippen molar-refractivity contribution in [3.8, 4) is 5.75 Å². The van der Waals surface area contributed by atoms with Crippen molar-refractivity contribution in [2.75, 3.05) is 0 Å². The SMILES string of the molecule is CC[C@@H](C)c1ccc(OC(F)(F)F)cc1. The molecular formula is C11H13F3O. The summed E-state index contributed by atoms with van der Waals surface area (Å²) in [6.45, 7) is 4.06. The molecule has 0 aromatic heterocycles. The number of halogens is 3. The van der Waals surface area contributed by atoms with E-state index in [1.165, 1.54) is 12.1 Å². The molecule has 0 amide bonds. The van der Waals surface area contributed by atoms with Crippen LogP contribution in [0.25, 0.3) is 0 Å². The zero-order chi connectivity index (χ0) is 11.5. The molecule has 1 atom stereocenters. The van der Waals surface area contributed by atoms with E-state index in [-0.39, 0.29) is 5.75 Å². The fourth-order valence-corrected chi connectivity index (χ4v) is 1.23. The van der Waals surface area contributed by atoms with E-state index in [0.29, 0.717) is 5.92 Å². The van der Waals surface area contributed by atoms with E-state index in [1.807, 2.05) is 13.8 Å². The van der Waals surface area contributed by atoms with Crippen LogP contribution in [-0.4, -0.2) is 6.36 Å². The van der Waals surface area contributed by atoms with Gasteiger partial charge in [-0.1, -0.05) is 26.0 Å². The molecule has 0 bridgehead atoms. The van der Waals surface area contributed by atoms with Gasteiger partial charge in [-0.15, -0.1) is 13.2 Å². The molecule has 0 saturated heterocycles. The summed E-state index contributed by atoms with van der Waals surface area (Å²) in [5.41, 5.74) is 1.02. The number of alkyl halides is 3. The van der Waals surface area contributed by atoms with Crippen molar-refractivity contribution in [2.24, 2.45) is 0 Å². The van der Waals surface area contributed by atoms with Crippen molar-refractivity contribution in [3.05, 3.63) is 29.8 Å². The van der Waals surface area contributed by atoms with Crippen molar-refractivity contribution in [1.82, 2.24) is 0 Å². The second-order valence-corrected chi connectivity index (χ2v) is 3.43. The average Bonchev–Trinajstić information content (AvgIpc) is 2.15. The highest BCUT2D eigenvalue weighted by atomic mass is 19.4. The van der Waals surface area contributed by atoms with Crippen LogP contribution in [0.15, 0.2) is 24.3 Å². The van der Waals surface area contributed by atoms with E-state index < -0.39 is 6.36 Å². The number of ether oxygens (including phenoxy) is 1. The Morgan fingerprint density at radius 1 is 1.20 bits per heavy atom. The topological polar surface area (TPSA) is 9.23 Å². The maximum absolute atomic E-state index is 11.8. The summed E-state index contributed by atoms with van der Waals surface area (Å²) >= 11 is 0. The molecule has 0 fully saturated rings. The van der Waals surface area contributed by atoms with Crippen molar-refractivity contribution >= 4 is 0 Å². The van der Waals surface area contributed by atoms with Crippen LogP contribution in [0.3, 0.4) is 0 Å². The standard InChI is InChI=1S/C11H13F3O/c1-3-8(2)9-4-6-10(7-5-9)15-11(12,13)14/h4-8H,3H2,1-2H3/t8-/m1/s1. The first kappa shape index (κ1) is 11.9. The van der Waals surface area contributed by atoms with Gasteiger partial charge in [-0.3, -0.25) is 0 Å². The van der Waals surface area contributed by atoms with E-state index >= 15 is 0 Å². The molecule has 15 heavy (non-hydrogen) atoms. The molecule has 1 aromatic carbocycles. The van der Waals surface area contributed by atoms with E-state index in [1.54, 1.807) is 12.1 Å². The van der Waals surface area contributed by atoms with Crippen LogP contribution in [0.4, 0.5) is 13.2 Å². The highest BCUT2D eigenvalue weighted by Crippen LogP contribution is 2.25. The Kier molecular flexibility index (Phi) is 3.61. The third-order valence-electron chi connectivity index (χ3n) is 2.30. The van der Waals surface area contributed by atoms with E-state index in [0.717, 1.165) is 12.0 Å². The highest BCUT2D eigenvalue weighted by molar-refractivity contribution is 5.29. The van der Waals surface area contributed by atoms with Crippen LogP contribution in [0, 0.1) is 0 Å². The lowest BCUT2D eigenvalue weighted by Gasteiger charge is -2.11. The fourth-order valence-electron chi connectivity index (χ4n) is 1.23. The highest BCUT2D eigenvalue weighted by Gasteiger charge is 2.30. The Bertz CT molecular complexity index is 303. The molecule has 0 spiro atoms. The van der Waals surface area contributed by atoms with Crippen molar-refractivity contribution in [1.29, 1.82) is 0 Å². The minimum absolute atomic E-state index is 0.172. The van der Waals surface area contributed by atoms with Crippen molar-refractivity contribution in [3.63, 3.8) is 0 Å². The minimum Gasteiger partial charge on any atom is -0.406 e. The summed E-state index contributed by atoms with van der Waals surface area (Å²) in [5.74, 6) is 0.180. The first-order chi connectivity index (χ1) is 6.92. The molecule has 0 saturated carbocycles. The second-order valence-electron chi connectivity index (χ2n) is 3.43. The van der Waals surface area contributed by atoms with Crippen LogP contribution in [-0.2, 0) is 0 Å². The van der Waals surface area contributed by atoms with Crippen LogP contribution in [0.5, 0.6) is 5.75 Å². The average molecular weight is 218 g/mol. The quantitative estimate of drug-likeness (QED) is 0.742. The lowest BCUT2D eigenvalue weighted by atomic mass is 9.99. The summed E-state index contributed by atoms with van der Waals surface area (Å²) in [7, 11) is 0. The first-order valence-corrected chi connectivity index (χ1v) is 4.78. The van der Waals surface area contributed by atoms with E-state index in [4.69, 9.17) is 0 Å². The van der Waals surface area contributed by atoms with Crippen molar-refractivity contribution < 1.29 is 17.9 Å². The Hall–Kier alpha value is -1.19. The minimum atomic E-state index is -4.61. The summed E-state index contributed by atoms with van der Waals surface area (Å²) in [4.78, 5) is 0. The number of hydrogen-bond donors (Lipinski definition) is 0. The van der Waals surface area contributed by atoms with Gasteiger partial charge in [-0.25, -0.2) is 0 Å². The van der Waals surface area contributed by atoms with Gasteiger partial charge in [0.05, 0.1) is 0 Å². The largest absolute Gasteiger partial charge is 0.573 e. The Labute approximate surface area is 86.9 Å². The zero-order valence-corrected chi connectivity index (χ0v) is 8.64. The predicted molar refractivity (Wildman–Crippen MR) is 51.8 cm³/mol. The smallest absolute Gasteiger partial charge is 0.406 e. The van der Waals surface area contributed by atoms with Gasteiger partial charge in [0.2, 0.25) is 0 Å². The molecule has 0 radical (unpaired) electrons. The Morgan fingerprint density at radius 3 is 2.13 bits per heavy atom. The molecule has 0 N–H and O–H groups in total. The van der Waals surface area contributed by atoms with Gasteiger partial charge in [0, 0.05) is 0 Å². The molecule has 1 aromatic rings. The lowest BCUT2D eigenvalue weighted by Crippen LogP contribution is -2.17. The van der Waals surface area contributed by atoms with Crippen LogP contribution in [0.2, 0.25) is 0 Å². The fraction of sp³-hybridized carbons (Fsp3) is 0.455. The van der Waals surface area contributed by atoms with Crippen LogP contribution >= 0.6 is 0 Å². The summed E-state index contributed by atoms with van der Waals surface area (Å²) in [5, 5.41) is 0. The van der Waals surface area contributed by atoms with Gasteiger partial charge in [0.1, 0.15) is 5.75 Å². The van der Waals surface area contributed by atoms with Crippen LogP contribution < -0.4 is 4.74 Å². The van der Waals surface area contributed by atoms with E-state index in [2.05, 4.69) is 4.74 Å². The van der Waals surface area contributed by atoms with Gasteiger partial charge in [0.25, 0.3) is 0 Å². The van der Waals surface area contributed by atoms with Gasteiger partial charge in [-0.05, 0) is 30.0 Å². The molecule has 0 aliphatic heterocycles. The van der Waals surface area contributed by atoms with Crippen LogP contribution in [0.1, 0.15) is 31.7 Å². The van der Waals surface area contributed by atoms with Gasteiger partial charge >= 0.3 is 6.36 Å². The molecule has 1 nitrogen and oxygen atoms in total.